The van der Waals surface area contributed by atoms with Crippen LogP contribution in [0, 0.1) is 10.1 Å². The minimum atomic E-state index is -0.465. The van der Waals surface area contributed by atoms with Crippen LogP contribution in [0.15, 0.2) is 45.3 Å². The molecule has 2 aromatic rings. The standard InChI is InChI=1S/C13H8Br2ClNO3/c14-11-5-9(17(18)19)6-12(15)13(11)20-10-3-1-2-8(4-10)7-16/h1-6H,7H2. The van der Waals surface area contributed by atoms with Gasteiger partial charge in [-0.25, -0.2) is 0 Å². The van der Waals surface area contributed by atoms with Gasteiger partial charge in [-0.1, -0.05) is 12.1 Å². The fourth-order valence-corrected chi connectivity index (χ4v) is 3.05. The van der Waals surface area contributed by atoms with Crippen LogP contribution >= 0.6 is 43.5 Å². The van der Waals surface area contributed by atoms with E-state index in [1.165, 1.54) is 12.1 Å². The van der Waals surface area contributed by atoms with Crippen LogP contribution in [0.1, 0.15) is 5.56 Å². The summed E-state index contributed by atoms with van der Waals surface area (Å²) >= 11 is 12.3. The maximum atomic E-state index is 10.8. The molecule has 2 aromatic carbocycles. The molecule has 0 aliphatic carbocycles. The van der Waals surface area contributed by atoms with E-state index in [2.05, 4.69) is 31.9 Å². The lowest BCUT2D eigenvalue weighted by molar-refractivity contribution is -0.385. The summed E-state index contributed by atoms with van der Waals surface area (Å²) in [4.78, 5) is 10.3. The van der Waals surface area contributed by atoms with Crippen LogP contribution in [0.25, 0.3) is 0 Å². The molecule has 7 heteroatoms. The molecule has 0 saturated carbocycles. The topological polar surface area (TPSA) is 52.4 Å². The molecule has 0 radical (unpaired) electrons. The predicted molar refractivity (Wildman–Crippen MR) is 84.6 cm³/mol. The van der Waals surface area contributed by atoms with Crippen LogP contribution in [0.5, 0.6) is 11.5 Å². The fourth-order valence-electron chi connectivity index (χ4n) is 1.56. The van der Waals surface area contributed by atoms with E-state index in [0.717, 1.165) is 5.56 Å². The number of nitro groups is 1. The molecule has 0 aliphatic heterocycles. The Bertz CT molecular complexity index is 641. The highest BCUT2D eigenvalue weighted by atomic mass is 79.9. The SMILES string of the molecule is O=[N+]([O-])c1cc(Br)c(Oc2cccc(CCl)c2)c(Br)c1. The second-order valence-corrected chi connectivity index (χ2v) is 5.85. The number of benzene rings is 2. The van der Waals surface area contributed by atoms with Crippen molar-refractivity contribution in [2.45, 2.75) is 5.88 Å². The monoisotopic (exact) mass is 419 g/mol. The van der Waals surface area contributed by atoms with Gasteiger partial charge in [0.1, 0.15) is 5.75 Å². The highest BCUT2D eigenvalue weighted by molar-refractivity contribution is 9.11. The summed E-state index contributed by atoms with van der Waals surface area (Å²) in [5, 5.41) is 10.8. The highest BCUT2D eigenvalue weighted by Gasteiger charge is 2.15. The average Bonchev–Trinajstić information content (AvgIpc) is 2.42. The minimum Gasteiger partial charge on any atom is -0.455 e. The summed E-state index contributed by atoms with van der Waals surface area (Å²) in [6.45, 7) is 0. The van der Waals surface area contributed by atoms with Crippen LogP contribution in [0.2, 0.25) is 0 Å². The fraction of sp³-hybridized carbons (Fsp3) is 0.0769. The summed E-state index contributed by atoms with van der Waals surface area (Å²) in [6.07, 6.45) is 0. The maximum absolute atomic E-state index is 10.8. The van der Waals surface area contributed by atoms with Crippen LogP contribution in [-0.4, -0.2) is 4.92 Å². The molecule has 0 unspecified atom stereocenters. The molecule has 0 N–H and O–H groups in total. The second-order valence-electron chi connectivity index (χ2n) is 3.88. The van der Waals surface area contributed by atoms with Gasteiger partial charge in [0.2, 0.25) is 0 Å². The minimum absolute atomic E-state index is 0.0226. The Morgan fingerprint density at radius 1 is 1.20 bits per heavy atom. The van der Waals surface area contributed by atoms with Crippen molar-refractivity contribution in [2.24, 2.45) is 0 Å². The molecule has 20 heavy (non-hydrogen) atoms. The molecule has 0 fully saturated rings. The Hall–Kier alpha value is -1.11. The largest absolute Gasteiger partial charge is 0.455 e. The van der Waals surface area contributed by atoms with Crippen molar-refractivity contribution < 1.29 is 9.66 Å². The predicted octanol–water partition coefficient (Wildman–Crippen LogP) is 5.65. The first-order valence-corrected chi connectivity index (χ1v) is 7.59. The van der Waals surface area contributed by atoms with Crippen LogP contribution < -0.4 is 4.74 Å². The van der Waals surface area contributed by atoms with Crippen molar-refractivity contribution in [2.75, 3.05) is 0 Å². The van der Waals surface area contributed by atoms with Gasteiger partial charge in [0.25, 0.3) is 5.69 Å². The van der Waals surface area contributed by atoms with E-state index in [1.807, 2.05) is 18.2 Å². The number of halogens is 3. The van der Waals surface area contributed by atoms with Gasteiger partial charge in [0.05, 0.1) is 13.9 Å². The Balaban J connectivity index is 2.36. The van der Waals surface area contributed by atoms with Crippen LogP contribution in [0.3, 0.4) is 0 Å². The second kappa shape index (κ2) is 6.56. The van der Waals surface area contributed by atoms with Crippen LogP contribution in [-0.2, 0) is 5.88 Å². The first-order valence-electron chi connectivity index (χ1n) is 5.47. The summed E-state index contributed by atoms with van der Waals surface area (Å²) in [5.74, 6) is 1.47. The molecule has 0 aliphatic rings. The third-order valence-electron chi connectivity index (χ3n) is 2.47. The van der Waals surface area contributed by atoms with Gasteiger partial charge in [0, 0.05) is 18.0 Å². The molecule has 0 atom stereocenters. The highest BCUT2D eigenvalue weighted by Crippen LogP contribution is 2.39. The molecule has 104 valence electrons. The zero-order chi connectivity index (χ0) is 14.7. The summed E-state index contributed by atoms with van der Waals surface area (Å²) in [7, 11) is 0. The lowest BCUT2D eigenvalue weighted by Crippen LogP contribution is -1.92. The van der Waals surface area contributed by atoms with Gasteiger partial charge in [-0.05, 0) is 49.6 Å². The number of hydrogen-bond acceptors (Lipinski definition) is 3. The summed E-state index contributed by atoms with van der Waals surface area (Å²) < 4.78 is 6.73. The van der Waals surface area contributed by atoms with Crippen LogP contribution in [0.4, 0.5) is 5.69 Å². The molecule has 0 heterocycles. The van der Waals surface area contributed by atoms with Crippen molar-refractivity contribution in [1.29, 1.82) is 0 Å². The molecule has 0 amide bonds. The first kappa shape index (κ1) is 15.3. The Labute approximate surface area is 137 Å². The number of non-ortho nitro benzene ring substituents is 1. The van der Waals surface area contributed by atoms with Gasteiger partial charge >= 0.3 is 0 Å². The maximum Gasteiger partial charge on any atom is 0.271 e. The van der Waals surface area contributed by atoms with Crippen molar-refractivity contribution in [3.05, 3.63) is 61.0 Å². The van der Waals surface area contributed by atoms with E-state index in [9.17, 15) is 10.1 Å². The smallest absolute Gasteiger partial charge is 0.271 e. The molecule has 0 aromatic heterocycles. The molecule has 4 nitrogen and oxygen atoms in total. The van der Waals surface area contributed by atoms with E-state index in [1.54, 1.807) is 6.07 Å². The van der Waals surface area contributed by atoms with Gasteiger partial charge < -0.3 is 4.74 Å². The number of hydrogen-bond donors (Lipinski definition) is 0. The van der Waals surface area contributed by atoms with Crippen molar-refractivity contribution in [3.8, 4) is 11.5 Å². The third kappa shape index (κ3) is 3.50. The molecule has 0 spiro atoms. The zero-order valence-corrected chi connectivity index (χ0v) is 13.9. The van der Waals surface area contributed by atoms with E-state index < -0.39 is 4.92 Å². The van der Waals surface area contributed by atoms with E-state index >= 15 is 0 Å². The molecule has 2 rings (SSSR count). The van der Waals surface area contributed by atoms with Gasteiger partial charge in [0.15, 0.2) is 5.75 Å². The summed E-state index contributed by atoms with van der Waals surface area (Å²) in [5.41, 5.74) is 0.906. The molecular formula is C13H8Br2ClNO3. The number of nitro benzene ring substituents is 1. The van der Waals surface area contributed by atoms with E-state index in [0.29, 0.717) is 26.3 Å². The van der Waals surface area contributed by atoms with Crippen molar-refractivity contribution >= 4 is 49.1 Å². The quantitative estimate of drug-likeness (QED) is 0.364. The molecule has 0 saturated heterocycles. The van der Waals surface area contributed by atoms with Crippen molar-refractivity contribution in [1.82, 2.24) is 0 Å². The number of ether oxygens (including phenoxy) is 1. The molecular weight excluding hydrogens is 413 g/mol. The summed E-state index contributed by atoms with van der Waals surface area (Å²) in [6, 6.07) is 10.1. The van der Waals surface area contributed by atoms with Gasteiger partial charge in [-0.3, -0.25) is 10.1 Å². The normalized spacial score (nSPS) is 10.3. The number of alkyl halides is 1. The average molecular weight is 421 g/mol. The van der Waals surface area contributed by atoms with E-state index in [-0.39, 0.29) is 5.69 Å². The molecule has 0 bridgehead atoms. The number of nitrogens with zero attached hydrogens (tertiary/aromatic N) is 1. The third-order valence-corrected chi connectivity index (χ3v) is 3.95. The number of rotatable bonds is 4. The lowest BCUT2D eigenvalue weighted by atomic mass is 10.2. The Kier molecular flexibility index (Phi) is 5.01. The Morgan fingerprint density at radius 2 is 1.85 bits per heavy atom. The van der Waals surface area contributed by atoms with Crippen molar-refractivity contribution in [3.63, 3.8) is 0 Å². The lowest BCUT2D eigenvalue weighted by Gasteiger charge is -2.10. The van der Waals surface area contributed by atoms with Gasteiger partial charge in [-0.15, -0.1) is 11.6 Å². The first-order chi connectivity index (χ1) is 9.51. The van der Waals surface area contributed by atoms with Gasteiger partial charge in [-0.2, -0.15) is 0 Å². The van der Waals surface area contributed by atoms with E-state index in [4.69, 9.17) is 16.3 Å². The zero-order valence-electron chi connectivity index (χ0n) is 9.98. The Morgan fingerprint density at radius 3 is 2.40 bits per heavy atom.